The molecule has 0 saturated heterocycles. The first-order chi connectivity index (χ1) is 11.5. The molecule has 0 radical (unpaired) electrons. The third kappa shape index (κ3) is 3.65. The largest absolute Gasteiger partial charge is 0.339 e. The van der Waals surface area contributed by atoms with Crippen molar-refractivity contribution >= 4 is 5.91 Å². The SMILES string of the molecule is CCN(CC)C(=O)c1cn(CCC#N)nc1-c1ccc(C)c(C)c1. The zero-order valence-corrected chi connectivity index (χ0v) is 14.8. The lowest BCUT2D eigenvalue weighted by Gasteiger charge is -2.18. The lowest BCUT2D eigenvalue weighted by atomic mass is 10.0. The van der Waals surface area contributed by atoms with Crippen molar-refractivity contribution in [2.75, 3.05) is 13.1 Å². The standard InChI is InChI=1S/C19H24N4O/c1-5-22(6-2)19(24)17-13-23(11-7-10-20)21-18(17)16-9-8-14(3)15(4)12-16/h8-9,12-13H,5-7,11H2,1-4H3. The van der Waals surface area contributed by atoms with E-state index in [0.29, 0.717) is 37.3 Å². The van der Waals surface area contributed by atoms with E-state index in [0.717, 1.165) is 5.56 Å². The number of benzene rings is 1. The van der Waals surface area contributed by atoms with Crippen LogP contribution < -0.4 is 0 Å². The summed E-state index contributed by atoms with van der Waals surface area (Å²) in [6.07, 6.45) is 2.13. The normalized spacial score (nSPS) is 10.5. The molecule has 0 atom stereocenters. The number of amides is 1. The molecule has 0 fully saturated rings. The van der Waals surface area contributed by atoms with Crippen LogP contribution in [0.15, 0.2) is 24.4 Å². The molecule has 0 aliphatic carbocycles. The first-order valence-electron chi connectivity index (χ1n) is 8.33. The molecule has 0 saturated carbocycles. The summed E-state index contributed by atoms with van der Waals surface area (Å²) < 4.78 is 1.70. The van der Waals surface area contributed by atoms with E-state index < -0.39 is 0 Å². The van der Waals surface area contributed by atoms with Gasteiger partial charge in [-0.2, -0.15) is 10.4 Å². The van der Waals surface area contributed by atoms with Crippen molar-refractivity contribution < 1.29 is 4.79 Å². The van der Waals surface area contributed by atoms with Gasteiger partial charge in [-0.1, -0.05) is 12.1 Å². The molecule has 0 bridgehead atoms. The van der Waals surface area contributed by atoms with E-state index in [1.165, 1.54) is 11.1 Å². The van der Waals surface area contributed by atoms with Crippen LogP contribution in [0.1, 0.15) is 41.8 Å². The van der Waals surface area contributed by atoms with Gasteiger partial charge in [0.15, 0.2) is 0 Å². The number of hydrogen-bond donors (Lipinski definition) is 0. The molecule has 1 aromatic carbocycles. The summed E-state index contributed by atoms with van der Waals surface area (Å²) >= 11 is 0. The molecule has 1 amide bonds. The van der Waals surface area contributed by atoms with Crippen molar-refractivity contribution in [2.45, 2.75) is 40.7 Å². The lowest BCUT2D eigenvalue weighted by molar-refractivity contribution is 0.0773. The number of nitriles is 1. The number of carbonyl (C=O) groups excluding carboxylic acids is 1. The highest BCUT2D eigenvalue weighted by atomic mass is 16.2. The van der Waals surface area contributed by atoms with Gasteiger partial charge in [-0.3, -0.25) is 9.48 Å². The number of hydrogen-bond acceptors (Lipinski definition) is 3. The number of aryl methyl sites for hydroxylation is 3. The number of carbonyl (C=O) groups is 1. The van der Waals surface area contributed by atoms with Gasteiger partial charge in [-0.05, 0) is 44.9 Å². The number of aromatic nitrogens is 2. The van der Waals surface area contributed by atoms with Gasteiger partial charge in [0, 0.05) is 24.8 Å². The average molecular weight is 324 g/mol. The minimum Gasteiger partial charge on any atom is -0.339 e. The van der Waals surface area contributed by atoms with Crippen molar-refractivity contribution in [3.63, 3.8) is 0 Å². The Morgan fingerprint density at radius 2 is 1.96 bits per heavy atom. The smallest absolute Gasteiger partial charge is 0.257 e. The van der Waals surface area contributed by atoms with Gasteiger partial charge in [0.25, 0.3) is 5.91 Å². The highest BCUT2D eigenvalue weighted by molar-refractivity contribution is 5.99. The quantitative estimate of drug-likeness (QED) is 0.816. The van der Waals surface area contributed by atoms with Crippen LogP contribution in [0.4, 0.5) is 0 Å². The highest BCUT2D eigenvalue weighted by Gasteiger charge is 2.21. The molecule has 126 valence electrons. The van der Waals surface area contributed by atoms with E-state index in [1.54, 1.807) is 15.8 Å². The molecule has 0 aliphatic heterocycles. The summed E-state index contributed by atoms with van der Waals surface area (Å²) in [4.78, 5) is 14.6. The molecule has 0 spiro atoms. The van der Waals surface area contributed by atoms with Crippen LogP contribution in [0.3, 0.4) is 0 Å². The summed E-state index contributed by atoms with van der Waals surface area (Å²) in [6, 6.07) is 8.22. The molecule has 0 N–H and O–H groups in total. The van der Waals surface area contributed by atoms with Crippen LogP contribution in [0.25, 0.3) is 11.3 Å². The third-order valence-corrected chi connectivity index (χ3v) is 4.28. The molecular weight excluding hydrogens is 300 g/mol. The van der Waals surface area contributed by atoms with E-state index in [1.807, 2.05) is 26.0 Å². The Hall–Kier alpha value is -2.61. The Kier molecular flexibility index (Phi) is 5.75. The maximum atomic E-state index is 12.8. The molecule has 2 aromatic rings. The summed E-state index contributed by atoms with van der Waals surface area (Å²) in [7, 11) is 0. The van der Waals surface area contributed by atoms with Gasteiger partial charge in [-0.15, -0.1) is 0 Å². The molecule has 24 heavy (non-hydrogen) atoms. The Balaban J connectivity index is 2.51. The van der Waals surface area contributed by atoms with Crippen LogP contribution in [-0.2, 0) is 6.54 Å². The fourth-order valence-electron chi connectivity index (χ4n) is 2.64. The van der Waals surface area contributed by atoms with Crippen molar-refractivity contribution in [1.29, 1.82) is 5.26 Å². The van der Waals surface area contributed by atoms with Crippen molar-refractivity contribution in [2.24, 2.45) is 0 Å². The van der Waals surface area contributed by atoms with Crippen molar-refractivity contribution in [3.05, 3.63) is 41.1 Å². The van der Waals surface area contributed by atoms with Gasteiger partial charge in [0.05, 0.1) is 24.6 Å². The van der Waals surface area contributed by atoms with Crippen LogP contribution in [0, 0.1) is 25.2 Å². The van der Waals surface area contributed by atoms with E-state index >= 15 is 0 Å². The Bertz CT molecular complexity index is 766. The first-order valence-corrected chi connectivity index (χ1v) is 8.33. The second-order valence-corrected chi connectivity index (χ2v) is 5.84. The molecule has 1 heterocycles. The fourth-order valence-corrected chi connectivity index (χ4v) is 2.64. The Morgan fingerprint density at radius 3 is 2.54 bits per heavy atom. The topological polar surface area (TPSA) is 61.9 Å². The van der Waals surface area contributed by atoms with Crippen LogP contribution in [0.2, 0.25) is 0 Å². The zero-order chi connectivity index (χ0) is 17.7. The average Bonchev–Trinajstić information content (AvgIpc) is 3.00. The zero-order valence-electron chi connectivity index (χ0n) is 14.8. The fraction of sp³-hybridized carbons (Fsp3) is 0.421. The van der Waals surface area contributed by atoms with Gasteiger partial charge in [0.2, 0.25) is 0 Å². The molecule has 0 aliphatic rings. The maximum absolute atomic E-state index is 12.8. The van der Waals surface area contributed by atoms with E-state index in [9.17, 15) is 4.79 Å². The van der Waals surface area contributed by atoms with E-state index in [-0.39, 0.29) is 5.91 Å². The minimum atomic E-state index is -0.0172. The van der Waals surface area contributed by atoms with Gasteiger partial charge >= 0.3 is 0 Å². The summed E-state index contributed by atoms with van der Waals surface area (Å²) in [5.74, 6) is -0.0172. The summed E-state index contributed by atoms with van der Waals surface area (Å²) in [6.45, 7) is 9.86. The lowest BCUT2D eigenvalue weighted by Crippen LogP contribution is -2.30. The molecule has 2 rings (SSSR count). The molecular formula is C19H24N4O. The summed E-state index contributed by atoms with van der Waals surface area (Å²) in [5.41, 5.74) is 4.59. The van der Waals surface area contributed by atoms with Crippen molar-refractivity contribution in [1.82, 2.24) is 14.7 Å². The molecule has 1 aromatic heterocycles. The van der Waals surface area contributed by atoms with Crippen LogP contribution in [-0.4, -0.2) is 33.7 Å². The summed E-state index contributed by atoms with van der Waals surface area (Å²) in [5, 5.41) is 13.4. The van der Waals surface area contributed by atoms with Gasteiger partial charge in [-0.25, -0.2) is 0 Å². The molecule has 5 nitrogen and oxygen atoms in total. The van der Waals surface area contributed by atoms with Gasteiger partial charge < -0.3 is 4.90 Å². The Morgan fingerprint density at radius 1 is 1.25 bits per heavy atom. The second-order valence-electron chi connectivity index (χ2n) is 5.84. The Labute approximate surface area is 143 Å². The predicted octanol–water partition coefficient (Wildman–Crippen LogP) is 3.56. The second kappa shape index (κ2) is 7.78. The van der Waals surface area contributed by atoms with E-state index in [2.05, 4.69) is 31.1 Å². The number of nitrogens with zero attached hydrogens (tertiary/aromatic N) is 4. The van der Waals surface area contributed by atoms with Crippen LogP contribution in [0.5, 0.6) is 0 Å². The first kappa shape index (κ1) is 17.7. The number of rotatable bonds is 6. The van der Waals surface area contributed by atoms with Crippen molar-refractivity contribution in [3.8, 4) is 17.3 Å². The van der Waals surface area contributed by atoms with Crippen LogP contribution >= 0.6 is 0 Å². The predicted molar refractivity (Wildman–Crippen MR) is 94.6 cm³/mol. The maximum Gasteiger partial charge on any atom is 0.257 e. The minimum absolute atomic E-state index is 0.0172. The highest BCUT2D eigenvalue weighted by Crippen LogP contribution is 2.25. The van der Waals surface area contributed by atoms with Gasteiger partial charge in [0.1, 0.15) is 5.69 Å². The van der Waals surface area contributed by atoms with E-state index in [4.69, 9.17) is 5.26 Å². The molecule has 5 heteroatoms. The molecule has 0 unspecified atom stereocenters. The monoisotopic (exact) mass is 324 g/mol. The third-order valence-electron chi connectivity index (χ3n) is 4.28.